The molecule has 88 valence electrons. The molecular formula is C11H8ClNO4. The summed E-state index contributed by atoms with van der Waals surface area (Å²) in [5.74, 6) is -1.57. The Morgan fingerprint density at radius 1 is 1.41 bits per heavy atom. The number of nitrogens with zero attached hydrogens (tertiary/aromatic N) is 1. The second-order valence-electron chi connectivity index (χ2n) is 3.53. The highest BCUT2D eigenvalue weighted by Crippen LogP contribution is 2.35. The number of hydrogen-bond donors (Lipinski definition) is 2. The van der Waals surface area contributed by atoms with Gasteiger partial charge in [-0.15, -0.1) is 0 Å². The van der Waals surface area contributed by atoms with E-state index in [1.807, 2.05) is 0 Å². The zero-order valence-electron chi connectivity index (χ0n) is 8.77. The van der Waals surface area contributed by atoms with Gasteiger partial charge in [-0.25, -0.2) is 4.79 Å². The van der Waals surface area contributed by atoms with E-state index in [0.717, 1.165) is 5.56 Å². The third-order valence-electron chi connectivity index (χ3n) is 2.19. The standard InChI is InChI=1S/C11H8ClNO4/c1-5-2-6(10(12)8(14)3-5)7-4-9(11(15)16)17-13-7/h2-4,14H,1H3,(H,15,16). The van der Waals surface area contributed by atoms with Crippen molar-refractivity contribution in [3.05, 3.63) is 34.5 Å². The van der Waals surface area contributed by atoms with Crippen LogP contribution in [0.5, 0.6) is 5.75 Å². The fourth-order valence-electron chi connectivity index (χ4n) is 1.44. The predicted molar refractivity (Wildman–Crippen MR) is 60.3 cm³/mol. The Balaban J connectivity index is 2.56. The van der Waals surface area contributed by atoms with Gasteiger partial charge in [-0.3, -0.25) is 0 Å². The molecule has 0 atom stereocenters. The lowest BCUT2D eigenvalue weighted by Gasteiger charge is -2.04. The van der Waals surface area contributed by atoms with Crippen molar-refractivity contribution < 1.29 is 19.5 Å². The lowest BCUT2D eigenvalue weighted by Crippen LogP contribution is -1.91. The first-order valence-electron chi connectivity index (χ1n) is 4.68. The van der Waals surface area contributed by atoms with Crippen LogP contribution < -0.4 is 0 Å². The number of rotatable bonds is 2. The minimum atomic E-state index is -1.21. The Hall–Kier alpha value is -2.01. The number of benzene rings is 1. The summed E-state index contributed by atoms with van der Waals surface area (Å²) >= 11 is 5.91. The fraction of sp³-hybridized carbons (Fsp3) is 0.0909. The molecule has 1 aromatic heterocycles. The minimum Gasteiger partial charge on any atom is -0.506 e. The number of aromatic carboxylic acids is 1. The summed E-state index contributed by atoms with van der Waals surface area (Å²) in [5.41, 5.74) is 1.48. The maximum atomic E-state index is 10.6. The molecule has 6 heteroatoms. The lowest BCUT2D eigenvalue weighted by atomic mass is 10.1. The minimum absolute atomic E-state index is 0.0819. The van der Waals surface area contributed by atoms with Crippen molar-refractivity contribution >= 4 is 17.6 Å². The molecule has 0 radical (unpaired) electrons. The van der Waals surface area contributed by atoms with Crippen LogP contribution in [0.15, 0.2) is 22.7 Å². The quantitative estimate of drug-likeness (QED) is 0.860. The van der Waals surface area contributed by atoms with Gasteiger partial charge in [-0.05, 0) is 24.6 Å². The SMILES string of the molecule is Cc1cc(O)c(Cl)c(-c2cc(C(=O)O)on2)c1. The van der Waals surface area contributed by atoms with Crippen molar-refractivity contribution in [1.82, 2.24) is 5.16 Å². The Kier molecular flexibility index (Phi) is 2.77. The van der Waals surface area contributed by atoms with E-state index < -0.39 is 5.97 Å². The number of aryl methyl sites for hydroxylation is 1. The zero-order chi connectivity index (χ0) is 12.6. The molecular weight excluding hydrogens is 246 g/mol. The molecule has 2 N–H and O–H groups in total. The van der Waals surface area contributed by atoms with Crippen LogP contribution in [0.2, 0.25) is 5.02 Å². The topological polar surface area (TPSA) is 83.6 Å². The van der Waals surface area contributed by atoms with Gasteiger partial charge in [-0.1, -0.05) is 16.8 Å². The van der Waals surface area contributed by atoms with Crippen LogP contribution in [0.25, 0.3) is 11.3 Å². The normalized spacial score (nSPS) is 10.5. The third-order valence-corrected chi connectivity index (χ3v) is 2.59. The molecule has 0 saturated heterocycles. The number of aromatic hydroxyl groups is 1. The van der Waals surface area contributed by atoms with Crippen LogP contribution in [-0.4, -0.2) is 21.3 Å². The number of carboxylic acid groups (broad SMARTS) is 1. The van der Waals surface area contributed by atoms with E-state index in [1.165, 1.54) is 12.1 Å². The van der Waals surface area contributed by atoms with Crippen molar-refractivity contribution in [2.24, 2.45) is 0 Å². The van der Waals surface area contributed by atoms with Crippen molar-refractivity contribution in [1.29, 1.82) is 0 Å². The molecule has 0 saturated carbocycles. The van der Waals surface area contributed by atoms with Gasteiger partial charge in [0.15, 0.2) is 0 Å². The largest absolute Gasteiger partial charge is 0.506 e. The fourth-order valence-corrected chi connectivity index (χ4v) is 1.64. The summed E-state index contributed by atoms with van der Waals surface area (Å²) in [7, 11) is 0. The average molecular weight is 254 g/mol. The maximum absolute atomic E-state index is 10.6. The molecule has 1 aromatic carbocycles. The Morgan fingerprint density at radius 2 is 2.12 bits per heavy atom. The highest BCUT2D eigenvalue weighted by Gasteiger charge is 2.16. The van der Waals surface area contributed by atoms with Gasteiger partial charge in [-0.2, -0.15) is 0 Å². The third kappa shape index (κ3) is 2.09. The molecule has 0 aliphatic carbocycles. The summed E-state index contributed by atoms with van der Waals surface area (Å²) < 4.78 is 4.63. The summed E-state index contributed by atoms with van der Waals surface area (Å²) in [4.78, 5) is 10.6. The molecule has 0 spiro atoms. The number of phenols is 1. The Morgan fingerprint density at radius 3 is 2.71 bits per heavy atom. The first-order chi connectivity index (χ1) is 7.99. The van der Waals surface area contributed by atoms with E-state index in [9.17, 15) is 9.90 Å². The Labute approximate surface area is 101 Å². The Bertz CT molecular complexity index is 591. The van der Waals surface area contributed by atoms with E-state index in [-0.39, 0.29) is 22.2 Å². The molecule has 0 aliphatic heterocycles. The summed E-state index contributed by atoms with van der Waals surface area (Å²) in [6.45, 7) is 1.78. The van der Waals surface area contributed by atoms with Crippen molar-refractivity contribution in [3.8, 4) is 17.0 Å². The van der Waals surface area contributed by atoms with Gasteiger partial charge < -0.3 is 14.7 Å². The number of hydrogen-bond acceptors (Lipinski definition) is 4. The first-order valence-corrected chi connectivity index (χ1v) is 5.06. The first kappa shape index (κ1) is 11.5. The van der Waals surface area contributed by atoms with Crippen LogP contribution in [0.4, 0.5) is 0 Å². The molecule has 1 heterocycles. The van der Waals surface area contributed by atoms with Crippen LogP contribution in [0.1, 0.15) is 16.1 Å². The van der Waals surface area contributed by atoms with Gasteiger partial charge in [0.05, 0.1) is 5.02 Å². The number of aromatic nitrogens is 1. The maximum Gasteiger partial charge on any atom is 0.374 e. The van der Waals surface area contributed by atoms with E-state index >= 15 is 0 Å². The molecule has 0 unspecified atom stereocenters. The number of phenolic OH excluding ortho intramolecular Hbond substituents is 1. The summed E-state index contributed by atoms with van der Waals surface area (Å²) in [6, 6.07) is 4.44. The highest BCUT2D eigenvalue weighted by atomic mass is 35.5. The molecule has 0 fully saturated rings. The van der Waals surface area contributed by atoms with Gasteiger partial charge in [0.1, 0.15) is 11.4 Å². The molecule has 0 bridgehead atoms. The van der Waals surface area contributed by atoms with Gasteiger partial charge in [0, 0.05) is 11.6 Å². The van der Waals surface area contributed by atoms with E-state index in [0.29, 0.717) is 5.56 Å². The summed E-state index contributed by atoms with van der Waals surface area (Å²) in [6.07, 6.45) is 0. The molecule has 5 nitrogen and oxygen atoms in total. The second kappa shape index (κ2) is 4.10. The smallest absolute Gasteiger partial charge is 0.374 e. The monoisotopic (exact) mass is 253 g/mol. The van der Waals surface area contributed by atoms with Crippen molar-refractivity contribution in [2.45, 2.75) is 6.92 Å². The molecule has 2 rings (SSSR count). The van der Waals surface area contributed by atoms with E-state index in [2.05, 4.69) is 9.68 Å². The average Bonchev–Trinajstić information content (AvgIpc) is 2.72. The highest BCUT2D eigenvalue weighted by molar-refractivity contribution is 6.34. The van der Waals surface area contributed by atoms with E-state index in [4.69, 9.17) is 16.7 Å². The van der Waals surface area contributed by atoms with Crippen molar-refractivity contribution in [2.75, 3.05) is 0 Å². The molecule has 0 aliphatic rings. The van der Waals surface area contributed by atoms with Gasteiger partial charge >= 0.3 is 5.97 Å². The van der Waals surface area contributed by atoms with Crippen LogP contribution in [-0.2, 0) is 0 Å². The number of carbonyl (C=O) groups is 1. The zero-order valence-corrected chi connectivity index (χ0v) is 9.52. The van der Waals surface area contributed by atoms with Crippen molar-refractivity contribution in [3.63, 3.8) is 0 Å². The lowest BCUT2D eigenvalue weighted by molar-refractivity contribution is 0.0652. The molecule has 2 aromatic rings. The number of carboxylic acids is 1. The second-order valence-corrected chi connectivity index (χ2v) is 3.91. The molecule has 0 amide bonds. The van der Waals surface area contributed by atoms with Crippen LogP contribution in [0, 0.1) is 6.92 Å². The summed E-state index contributed by atoms with van der Waals surface area (Å²) in [5, 5.41) is 22.0. The number of halogens is 1. The molecule has 17 heavy (non-hydrogen) atoms. The van der Waals surface area contributed by atoms with Crippen LogP contribution >= 0.6 is 11.6 Å². The van der Waals surface area contributed by atoms with E-state index in [1.54, 1.807) is 13.0 Å². The van der Waals surface area contributed by atoms with Gasteiger partial charge in [0.2, 0.25) is 5.76 Å². The van der Waals surface area contributed by atoms with Gasteiger partial charge in [0.25, 0.3) is 0 Å². The predicted octanol–water partition coefficient (Wildman–Crippen LogP) is 2.71. The van der Waals surface area contributed by atoms with Crippen LogP contribution in [0.3, 0.4) is 0 Å².